The highest BCUT2D eigenvalue weighted by molar-refractivity contribution is 7.92. The third kappa shape index (κ3) is 5.48. The molecule has 35 heavy (non-hydrogen) atoms. The average molecular weight is 492 g/mol. The minimum Gasteiger partial charge on any atom is -0.365 e. The van der Waals surface area contributed by atoms with Crippen LogP contribution in [0.2, 0.25) is 0 Å². The van der Waals surface area contributed by atoms with E-state index in [-0.39, 0.29) is 15.8 Å². The Labute approximate surface area is 207 Å². The van der Waals surface area contributed by atoms with Crippen LogP contribution in [-0.2, 0) is 15.4 Å². The molecule has 0 unspecified atom stereocenters. The van der Waals surface area contributed by atoms with Crippen molar-refractivity contribution < 1.29 is 8.42 Å². The van der Waals surface area contributed by atoms with Crippen LogP contribution in [0.25, 0.3) is 16.6 Å². The van der Waals surface area contributed by atoms with Crippen molar-refractivity contribution in [1.29, 1.82) is 0 Å². The fourth-order valence-electron chi connectivity index (χ4n) is 3.86. The van der Waals surface area contributed by atoms with Gasteiger partial charge in [-0.2, -0.15) is 5.10 Å². The lowest BCUT2D eigenvalue weighted by molar-refractivity contribution is 0.587. The number of nitrogens with zero attached hydrogens (tertiary/aromatic N) is 3. The number of pyridine rings is 1. The fraction of sp³-hybridized carbons (Fsp3) is 0.333. The summed E-state index contributed by atoms with van der Waals surface area (Å²) in [5.74, 6) is 1.14. The topological polar surface area (TPSA) is 88.9 Å². The number of hydrogen-bond donors (Lipinski definition) is 2. The summed E-state index contributed by atoms with van der Waals surface area (Å²) in [5, 5.41) is 8.83. The first kappa shape index (κ1) is 24.7. The van der Waals surface area contributed by atoms with Gasteiger partial charge in [-0.1, -0.05) is 39.0 Å². The highest BCUT2D eigenvalue weighted by atomic mass is 32.2. The second-order valence-corrected chi connectivity index (χ2v) is 12.6. The second-order valence-electron chi connectivity index (χ2n) is 10.9. The first-order valence-electron chi connectivity index (χ1n) is 11.6. The third-order valence-electron chi connectivity index (χ3n) is 5.54. The molecular weight excluding hydrogens is 458 g/mol. The maximum Gasteiger partial charge on any atom is 0.263 e. The number of sulfonamides is 1. The van der Waals surface area contributed by atoms with Crippen molar-refractivity contribution in [3.63, 3.8) is 0 Å². The van der Waals surface area contributed by atoms with Gasteiger partial charge in [0.15, 0.2) is 0 Å². The van der Waals surface area contributed by atoms with Crippen LogP contribution < -0.4 is 10.0 Å². The van der Waals surface area contributed by atoms with E-state index in [1.54, 1.807) is 22.9 Å². The van der Waals surface area contributed by atoms with E-state index in [1.807, 2.05) is 49.4 Å². The molecule has 184 valence electrons. The molecule has 2 aromatic heterocycles. The predicted octanol–water partition coefficient (Wildman–Crippen LogP) is 6.04. The molecule has 0 saturated carbocycles. The van der Waals surface area contributed by atoms with Crippen molar-refractivity contribution >= 4 is 32.6 Å². The van der Waals surface area contributed by atoms with Gasteiger partial charge < -0.3 is 5.32 Å². The summed E-state index contributed by atoms with van der Waals surface area (Å²) in [6.07, 6.45) is 0. The van der Waals surface area contributed by atoms with Crippen molar-refractivity contribution in [2.45, 2.75) is 64.3 Å². The zero-order valence-electron chi connectivity index (χ0n) is 21.3. The molecule has 0 radical (unpaired) electrons. The number of hydrogen-bond acceptors (Lipinski definition) is 5. The molecule has 0 spiro atoms. The average Bonchev–Trinajstić information content (AvgIpc) is 3.10. The van der Waals surface area contributed by atoms with E-state index in [0.717, 1.165) is 28.0 Å². The summed E-state index contributed by atoms with van der Waals surface area (Å²) in [6, 6.07) is 18.4. The Morgan fingerprint density at radius 3 is 2.20 bits per heavy atom. The lowest BCUT2D eigenvalue weighted by Gasteiger charge is -2.21. The molecule has 0 aliphatic rings. The Morgan fingerprint density at radius 1 is 0.886 bits per heavy atom. The Bertz CT molecular complexity index is 1480. The Balaban J connectivity index is 1.72. The molecule has 0 atom stereocenters. The van der Waals surface area contributed by atoms with Crippen LogP contribution in [0.1, 0.15) is 52.8 Å². The van der Waals surface area contributed by atoms with Crippen LogP contribution >= 0.6 is 0 Å². The molecule has 0 fully saturated rings. The summed E-state index contributed by atoms with van der Waals surface area (Å²) in [7, 11) is -3.81. The molecule has 0 bridgehead atoms. The molecule has 4 aromatic rings. The molecule has 0 amide bonds. The van der Waals surface area contributed by atoms with Crippen molar-refractivity contribution in [2.75, 3.05) is 10.0 Å². The highest BCUT2D eigenvalue weighted by Gasteiger charge is 2.21. The van der Waals surface area contributed by atoms with Crippen LogP contribution in [0.4, 0.5) is 11.6 Å². The fourth-order valence-corrected chi connectivity index (χ4v) is 4.90. The van der Waals surface area contributed by atoms with Crippen LogP contribution in [0.5, 0.6) is 0 Å². The molecule has 4 rings (SSSR count). The van der Waals surface area contributed by atoms with E-state index in [9.17, 15) is 8.42 Å². The van der Waals surface area contributed by atoms with Gasteiger partial charge in [0.25, 0.3) is 10.0 Å². The molecule has 2 heterocycles. The number of benzene rings is 2. The quantitative estimate of drug-likeness (QED) is 0.355. The van der Waals surface area contributed by atoms with Crippen molar-refractivity contribution in [3.8, 4) is 5.69 Å². The monoisotopic (exact) mass is 491 g/mol. The minimum atomic E-state index is -3.81. The molecule has 0 aliphatic heterocycles. The third-order valence-corrected chi connectivity index (χ3v) is 6.91. The number of rotatable bonds is 5. The lowest BCUT2D eigenvalue weighted by atomic mass is 9.87. The Hall–Kier alpha value is -3.39. The zero-order valence-corrected chi connectivity index (χ0v) is 22.2. The standard InChI is InChI=1S/C27H33N5O2S/c1-18-17-25(31-35(33,34)20-13-11-19(12-14-20)26(2,3)4)32(30-18)23-10-8-9-22-21(23)15-16-24(28-22)29-27(5,6)7/h8-17,31H,1-7H3,(H,28,29). The number of anilines is 2. The van der Waals surface area contributed by atoms with Gasteiger partial charge in [0.1, 0.15) is 11.6 Å². The molecule has 0 aliphatic carbocycles. The molecule has 2 N–H and O–H groups in total. The van der Waals surface area contributed by atoms with Gasteiger partial charge >= 0.3 is 0 Å². The summed E-state index contributed by atoms with van der Waals surface area (Å²) >= 11 is 0. The Kier molecular flexibility index (Phi) is 6.13. The first-order valence-corrected chi connectivity index (χ1v) is 13.1. The summed E-state index contributed by atoms with van der Waals surface area (Å²) in [4.78, 5) is 4.94. The van der Waals surface area contributed by atoms with Gasteiger partial charge in [-0.25, -0.2) is 18.1 Å². The second kappa shape index (κ2) is 8.68. The van der Waals surface area contributed by atoms with Gasteiger partial charge in [-0.15, -0.1) is 0 Å². The van der Waals surface area contributed by atoms with Gasteiger partial charge in [0, 0.05) is 17.0 Å². The summed E-state index contributed by atoms with van der Waals surface area (Å²) < 4.78 is 30.8. The maximum absolute atomic E-state index is 13.2. The largest absolute Gasteiger partial charge is 0.365 e. The van der Waals surface area contributed by atoms with Gasteiger partial charge in [-0.05, 0) is 75.1 Å². The lowest BCUT2D eigenvalue weighted by Crippen LogP contribution is -2.26. The SMILES string of the molecule is Cc1cc(NS(=O)(=O)c2ccc(C(C)(C)C)cc2)n(-c2cccc3nc(NC(C)(C)C)ccc23)n1. The van der Waals surface area contributed by atoms with Gasteiger partial charge in [-0.3, -0.25) is 4.72 Å². The van der Waals surface area contributed by atoms with Crippen molar-refractivity contribution in [1.82, 2.24) is 14.8 Å². The molecule has 8 heteroatoms. The minimum absolute atomic E-state index is 0.0594. The maximum atomic E-state index is 13.2. The zero-order chi connectivity index (χ0) is 25.6. The molecule has 0 saturated heterocycles. The van der Waals surface area contributed by atoms with E-state index in [0.29, 0.717) is 11.5 Å². The van der Waals surface area contributed by atoms with E-state index >= 15 is 0 Å². The smallest absolute Gasteiger partial charge is 0.263 e. The highest BCUT2D eigenvalue weighted by Crippen LogP contribution is 2.28. The number of fused-ring (bicyclic) bond motifs is 1. The first-order chi connectivity index (χ1) is 16.2. The molecule has 2 aromatic carbocycles. The van der Waals surface area contributed by atoms with E-state index < -0.39 is 10.0 Å². The van der Waals surface area contributed by atoms with Crippen LogP contribution in [0.3, 0.4) is 0 Å². The normalized spacial score (nSPS) is 12.7. The van der Waals surface area contributed by atoms with E-state index in [1.165, 1.54) is 0 Å². The van der Waals surface area contributed by atoms with E-state index in [2.05, 4.69) is 56.7 Å². The van der Waals surface area contributed by atoms with Crippen molar-refractivity contribution in [2.24, 2.45) is 0 Å². The summed E-state index contributed by atoms with van der Waals surface area (Å²) in [6.45, 7) is 14.4. The summed E-state index contributed by atoms with van der Waals surface area (Å²) in [5.41, 5.74) is 3.12. The van der Waals surface area contributed by atoms with Crippen LogP contribution in [0.15, 0.2) is 65.6 Å². The van der Waals surface area contributed by atoms with Gasteiger partial charge in [0.2, 0.25) is 0 Å². The molecular formula is C27H33N5O2S. The Morgan fingerprint density at radius 2 is 1.57 bits per heavy atom. The van der Waals surface area contributed by atoms with Crippen LogP contribution in [0, 0.1) is 6.92 Å². The number of aryl methyl sites for hydroxylation is 1. The number of nitrogens with one attached hydrogen (secondary N) is 2. The van der Waals surface area contributed by atoms with Gasteiger partial charge in [0.05, 0.1) is 21.8 Å². The molecule has 7 nitrogen and oxygen atoms in total. The van der Waals surface area contributed by atoms with E-state index in [4.69, 9.17) is 4.98 Å². The van der Waals surface area contributed by atoms with Crippen LogP contribution in [-0.4, -0.2) is 28.7 Å². The number of aromatic nitrogens is 3. The predicted molar refractivity (Wildman–Crippen MR) is 143 cm³/mol. The van der Waals surface area contributed by atoms with Crippen molar-refractivity contribution in [3.05, 3.63) is 71.9 Å².